The Labute approximate surface area is 125 Å². The first-order valence-electron chi connectivity index (χ1n) is 7.78. The zero-order valence-electron chi connectivity index (χ0n) is 13.3. The summed E-state index contributed by atoms with van der Waals surface area (Å²) in [5, 5.41) is 9.48. The lowest BCUT2D eigenvalue weighted by Gasteiger charge is -2.25. The number of rotatable bonds is 6. The van der Waals surface area contributed by atoms with Gasteiger partial charge in [-0.25, -0.2) is 9.78 Å². The number of hydrogen-bond donors (Lipinski definition) is 1. The molecule has 2 rings (SSSR count). The standard InChI is InChI=1S/C17H24N2O2/c1-5-12(6-2)11(4)19-15(7-3)18-14-10-8-9-13(16(14)19)17(20)21/h8-12H,5-7H2,1-4H3,(H,20,21). The summed E-state index contributed by atoms with van der Waals surface area (Å²) in [6.45, 7) is 8.62. The van der Waals surface area contributed by atoms with Crippen LogP contribution in [0.2, 0.25) is 0 Å². The van der Waals surface area contributed by atoms with Crippen molar-refractivity contribution in [3.8, 4) is 0 Å². The second-order valence-corrected chi connectivity index (χ2v) is 5.55. The number of nitrogens with zero attached hydrogens (tertiary/aromatic N) is 2. The molecule has 0 saturated carbocycles. The highest BCUT2D eigenvalue weighted by Gasteiger charge is 2.23. The van der Waals surface area contributed by atoms with Gasteiger partial charge in [0.2, 0.25) is 0 Å². The van der Waals surface area contributed by atoms with Crippen LogP contribution in [0.15, 0.2) is 18.2 Å². The summed E-state index contributed by atoms with van der Waals surface area (Å²) in [4.78, 5) is 16.2. The molecule has 0 aliphatic heterocycles. The summed E-state index contributed by atoms with van der Waals surface area (Å²) < 4.78 is 2.15. The highest BCUT2D eigenvalue weighted by molar-refractivity contribution is 6.01. The lowest BCUT2D eigenvalue weighted by Crippen LogP contribution is -2.18. The third kappa shape index (κ3) is 2.67. The topological polar surface area (TPSA) is 55.1 Å². The quantitative estimate of drug-likeness (QED) is 0.862. The Morgan fingerprint density at radius 2 is 1.95 bits per heavy atom. The van der Waals surface area contributed by atoms with Crippen molar-refractivity contribution in [1.29, 1.82) is 0 Å². The van der Waals surface area contributed by atoms with Crippen molar-refractivity contribution in [2.24, 2.45) is 5.92 Å². The maximum Gasteiger partial charge on any atom is 0.337 e. The molecule has 4 heteroatoms. The Balaban J connectivity index is 2.72. The van der Waals surface area contributed by atoms with Gasteiger partial charge in [0.15, 0.2) is 0 Å². The molecule has 1 atom stereocenters. The minimum atomic E-state index is -0.888. The van der Waals surface area contributed by atoms with E-state index in [1.54, 1.807) is 12.1 Å². The fourth-order valence-corrected chi connectivity index (χ4v) is 3.24. The molecule has 1 aromatic carbocycles. The number of imidazole rings is 1. The number of benzene rings is 1. The highest BCUT2D eigenvalue weighted by Crippen LogP contribution is 2.31. The van der Waals surface area contributed by atoms with Gasteiger partial charge in [-0.3, -0.25) is 0 Å². The van der Waals surface area contributed by atoms with E-state index in [9.17, 15) is 9.90 Å². The van der Waals surface area contributed by atoms with E-state index in [1.165, 1.54) is 0 Å². The summed E-state index contributed by atoms with van der Waals surface area (Å²) in [7, 11) is 0. The zero-order chi connectivity index (χ0) is 15.6. The van der Waals surface area contributed by atoms with E-state index in [1.807, 2.05) is 6.07 Å². The van der Waals surface area contributed by atoms with Crippen molar-refractivity contribution in [2.45, 2.75) is 53.0 Å². The number of aryl methyl sites for hydroxylation is 1. The summed E-state index contributed by atoms with van der Waals surface area (Å²) in [5.74, 6) is 0.605. The van der Waals surface area contributed by atoms with Crippen molar-refractivity contribution < 1.29 is 9.90 Å². The molecule has 0 aliphatic rings. The molecule has 0 fully saturated rings. The Bertz CT molecular complexity index is 642. The van der Waals surface area contributed by atoms with Crippen molar-refractivity contribution in [3.63, 3.8) is 0 Å². The van der Waals surface area contributed by atoms with E-state index < -0.39 is 5.97 Å². The number of hydrogen-bond acceptors (Lipinski definition) is 2. The number of carbonyl (C=O) groups is 1. The number of aromatic carboxylic acids is 1. The average molecular weight is 288 g/mol. The van der Waals surface area contributed by atoms with Crippen LogP contribution < -0.4 is 0 Å². The Kier molecular flexibility index (Phi) is 4.66. The number of fused-ring (bicyclic) bond motifs is 1. The average Bonchev–Trinajstić information content (AvgIpc) is 2.86. The summed E-state index contributed by atoms with van der Waals surface area (Å²) in [6.07, 6.45) is 2.96. The number of aromatic nitrogens is 2. The van der Waals surface area contributed by atoms with Crippen molar-refractivity contribution in [1.82, 2.24) is 9.55 Å². The number of para-hydroxylation sites is 1. The molecule has 1 aromatic heterocycles. The van der Waals surface area contributed by atoms with Crippen molar-refractivity contribution in [2.75, 3.05) is 0 Å². The summed E-state index contributed by atoms with van der Waals surface area (Å²) >= 11 is 0. The fourth-order valence-electron chi connectivity index (χ4n) is 3.24. The zero-order valence-corrected chi connectivity index (χ0v) is 13.3. The molecule has 0 bridgehead atoms. The molecule has 1 heterocycles. The second-order valence-electron chi connectivity index (χ2n) is 5.55. The third-order valence-electron chi connectivity index (χ3n) is 4.47. The van der Waals surface area contributed by atoms with Gasteiger partial charge in [-0.1, -0.05) is 39.7 Å². The Morgan fingerprint density at radius 3 is 2.48 bits per heavy atom. The summed E-state index contributed by atoms with van der Waals surface area (Å²) in [5.41, 5.74) is 1.89. The first kappa shape index (κ1) is 15.5. The van der Waals surface area contributed by atoms with Crippen molar-refractivity contribution >= 4 is 17.0 Å². The molecular weight excluding hydrogens is 264 g/mol. The van der Waals surface area contributed by atoms with Gasteiger partial charge >= 0.3 is 5.97 Å². The maximum absolute atomic E-state index is 11.6. The van der Waals surface area contributed by atoms with Crippen LogP contribution in [-0.4, -0.2) is 20.6 Å². The molecular formula is C17H24N2O2. The van der Waals surface area contributed by atoms with E-state index in [4.69, 9.17) is 0 Å². The van der Waals surface area contributed by atoms with Crippen LogP contribution in [0.4, 0.5) is 0 Å². The van der Waals surface area contributed by atoms with E-state index in [2.05, 4.69) is 37.2 Å². The van der Waals surface area contributed by atoms with Crippen molar-refractivity contribution in [3.05, 3.63) is 29.6 Å². The van der Waals surface area contributed by atoms with Gasteiger partial charge in [-0.2, -0.15) is 0 Å². The first-order chi connectivity index (χ1) is 10.0. The van der Waals surface area contributed by atoms with Gasteiger partial charge in [0.25, 0.3) is 0 Å². The summed E-state index contributed by atoms with van der Waals surface area (Å²) in [6, 6.07) is 5.59. The number of carboxylic acids is 1. The maximum atomic E-state index is 11.6. The Morgan fingerprint density at radius 1 is 1.29 bits per heavy atom. The molecule has 2 aromatic rings. The molecule has 114 valence electrons. The molecule has 1 unspecified atom stereocenters. The largest absolute Gasteiger partial charge is 0.478 e. The SMILES string of the molecule is CCc1nc2cccc(C(=O)O)c2n1C(C)C(CC)CC. The normalized spacial score (nSPS) is 13.0. The van der Waals surface area contributed by atoms with Crippen LogP contribution in [0.5, 0.6) is 0 Å². The van der Waals surface area contributed by atoms with Gasteiger partial charge in [0, 0.05) is 12.5 Å². The van der Waals surface area contributed by atoms with E-state index in [0.29, 0.717) is 11.5 Å². The lowest BCUT2D eigenvalue weighted by molar-refractivity contribution is 0.0698. The monoisotopic (exact) mass is 288 g/mol. The molecule has 0 amide bonds. The molecule has 0 aliphatic carbocycles. The highest BCUT2D eigenvalue weighted by atomic mass is 16.4. The molecule has 0 saturated heterocycles. The van der Waals surface area contributed by atoms with Crippen LogP contribution in [0.25, 0.3) is 11.0 Å². The van der Waals surface area contributed by atoms with E-state index >= 15 is 0 Å². The van der Waals surface area contributed by atoms with Gasteiger partial charge in [-0.15, -0.1) is 0 Å². The second kappa shape index (κ2) is 6.29. The molecule has 4 nitrogen and oxygen atoms in total. The lowest BCUT2D eigenvalue weighted by atomic mass is 9.94. The predicted octanol–water partition coefficient (Wildman–Crippen LogP) is 4.29. The smallest absolute Gasteiger partial charge is 0.337 e. The van der Waals surface area contributed by atoms with Gasteiger partial charge < -0.3 is 9.67 Å². The first-order valence-corrected chi connectivity index (χ1v) is 7.78. The Hall–Kier alpha value is -1.84. The van der Waals surface area contributed by atoms with Crippen LogP contribution in [-0.2, 0) is 6.42 Å². The van der Waals surface area contributed by atoms with E-state index in [-0.39, 0.29) is 6.04 Å². The number of carboxylic acid groups (broad SMARTS) is 1. The minimum absolute atomic E-state index is 0.250. The van der Waals surface area contributed by atoms with Crippen LogP contribution in [0.3, 0.4) is 0 Å². The van der Waals surface area contributed by atoms with E-state index in [0.717, 1.165) is 36.1 Å². The third-order valence-corrected chi connectivity index (χ3v) is 4.47. The van der Waals surface area contributed by atoms with Crippen LogP contribution in [0, 0.1) is 5.92 Å². The fraction of sp³-hybridized carbons (Fsp3) is 0.529. The minimum Gasteiger partial charge on any atom is -0.478 e. The van der Waals surface area contributed by atoms with Crippen LogP contribution >= 0.6 is 0 Å². The molecule has 21 heavy (non-hydrogen) atoms. The van der Waals surface area contributed by atoms with Crippen LogP contribution in [0.1, 0.15) is 62.8 Å². The molecule has 0 radical (unpaired) electrons. The van der Waals surface area contributed by atoms with Gasteiger partial charge in [0.1, 0.15) is 5.82 Å². The molecule has 1 N–H and O–H groups in total. The molecule has 0 spiro atoms. The predicted molar refractivity (Wildman–Crippen MR) is 84.9 cm³/mol. The van der Waals surface area contributed by atoms with Gasteiger partial charge in [-0.05, 0) is 25.0 Å². The van der Waals surface area contributed by atoms with Gasteiger partial charge in [0.05, 0.1) is 16.6 Å².